The van der Waals surface area contributed by atoms with Gasteiger partial charge >= 0.3 is 0 Å². The van der Waals surface area contributed by atoms with Gasteiger partial charge in [-0.15, -0.1) is 24.0 Å². The summed E-state index contributed by atoms with van der Waals surface area (Å²) in [7, 11) is 5.06. The largest absolute Gasteiger partial charge is 0.493 e. The van der Waals surface area contributed by atoms with E-state index in [-0.39, 0.29) is 24.0 Å². The number of aliphatic imine (C=N–C) groups is 1. The van der Waals surface area contributed by atoms with Crippen molar-refractivity contribution < 1.29 is 9.47 Å². The van der Waals surface area contributed by atoms with Gasteiger partial charge in [0.2, 0.25) is 0 Å². The summed E-state index contributed by atoms with van der Waals surface area (Å²) in [5.74, 6) is 3.01. The van der Waals surface area contributed by atoms with Crippen LogP contribution in [-0.4, -0.2) is 58.3 Å². The zero-order valence-electron chi connectivity index (χ0n) is 16.4. The maximum atomic E-state index is 5.34. The molecular formula is C19H33IN4O2. The van der Waals surface area contributed by atoms with Crippen molar-refractivity contribution in [1.29, 1.82) is 0 Å². The number of piperidine rings is 1. The van der Waals surface area contributed by atoms with Crippen molar-refractivity contribution in [3.63, 3.8) is 0 Å². The van der Waals surface area contributed by atoms with E-state index in [1.807, 2.05) is 18.2 Å². The van der Waals surface area contributed by atoms with Crippen LogP contribution in [0.15, 0.2) is 23.2 Å². The Kier molecular flexibility index (Phi) is 10.7. The molecule has 0 saturated carbocycles. The lowest BCUT2D eigenvalue weighted by atomic mass is 9.93. The quantitative estimate of drug-likeness (QED) is 0.359. The molecular weight excluding hydrogens is 443 g/mol. The number of guanidine groups is 1. The molecule has 6 nitrogen and oxygen atoms in total. The Morgan fingerprint density at radius 2 is 1.88 bits per heavy atom. The minimum absolute atomic E-state index is 0. The van der Waals surface area contributed by atoms with Crippen LogP contribution in [0.5, 0.6) is 11.5 Å². The molecule has 0 aliphatic carbocycles. The topological polar surface area (TPSA) is 58.1 Å². The van der Waals surface area contributed by atoms with E-state index in [0.717, 1.165) is 29.9 Å². The number of nitrogens with zero attached hydrogens (tertiary/aromatic N) is 2. The molecule has 0 unspecified atom stereocenters. The molecule has 1 fully saturated rings. The predicted molar refractivity (Wildman–Crippen MR) is 119 cm³/mol. The molecule has 1 heterocycles. The first-order chi connectivity index (χ1) is 12.2. The van der Waals surface area contributed by atoms with E-state index in [4.69, 9.17) is 9.47 Å². The molecule has 0 radical (unpaired) electrons. The van der Waals surface area contributed by atoms with Crippen molar-refractivity contribution >= 4 is 35.6 Å². The number of nitrogens with one attached hydrogen (secondary N) is 2. The lowest BCUT2D eigenvalue weighted by Gasteiger charge is -2.31. The Bertz CT molecular complexity index is 560. The molecule has 1 aromatic rings. The molecule has 2 rings (SSSR count). The van der Waals surface area contributed by atoms with Crippen molar-refractivity contribution in [3.8, 4) is 11.5 Å². The smallest absolute Gasteiger partial charge is 0.195 e. The highest BCUT2D eigenvalue weighted by molar-refractivity contribution is 14.0. The first-order valence-electron chi connectivity index (χ1n) is 9.12. The number of methoxy groups -OCH3 is 2. The molecule has 0 amide bonds. The molecule has 148 valence electrons. The average molecular weight is 476 g/mol. The van der Waals surface area contributed by atoms with Gasteiger partial charge in [0.25, 0.3) is 0 Å². The summed E-state index contributed by atoms with van der Waals surface area (Å²) in [6, 6.07) is 5.75. The van der Waals surface area contributed by atoms with Crippen molar-refractivity contribution in [3.05, 3.63) is 18.2 Å². The molecule has 7 heteroatoms. The Hall–Kier alpha value is -1.22. The first kappa shape index (κ1) is 22.8. The molecule has 1 aromatic carbocycles. The fourth-order valence-corrected chi connectivity index (χ4v) is 3.22. The van der Waals surface area contributed by atoms with E-state index in [1.54, 1.807) is 21.3 Å². The van der Waals surface area contributed by atoms with Crippen LogP contribution in [0, 0.1) is 5.92 Å². The van der Waals surface area contributed by atoms with Crippen molar-refractivity contribution in [2.24, 2.45) is 10.9 Å². The van der Waals surface area contributed by atoms with Gasteiger partial charge in [0.15, 0.2) is 17.5 Å². The van der Waals surface area contributed by atoms with Crippen LogP contribution in [-0.2, 0) is 0 Å². The predicted octanol–water partition coefficient (Wildman–Crippen LogP) is 3.43. The second kappa shape index (κ2) is 12.2. The zero-order valence-corrected chi connectivity index (χ0v) is 18.7. The second-order valence-corrected chi connectivity index (χ2v) is 6.36. The summed E-state index contributed by atoms with van der Waals surface area (Å²) in [6.45, 7) is 6.82. The fourth-order valence-electron chi connectivity index (χ4n) is 3.22. The summed E-state index contributed by atoms with van der Waals surface area (Å²) < 4.78 is 10.6. The third kappa shape index (κ3) is 6.83. The van der Waals surface area contributed by atoms with Crippen LogP contribution in [0.3, 0.4) is 0 Å². The van der Waals surface area contributed by atoms with Crippen LogP contribution in [0.4, 0.5) is 5.69 Å². The van der Waals surface area contributed by atoms with Crippen molar-refractivity contribution in [2.45, 2.75) is 26.2 Å². The fraction of sp³-hybridized carbons (Fsp3) is 0.632. The second-order valence-electron chi connectivity index (χ2n) is 6.36. The average Bonchev–Trinajstić information content (AvgIpc) is 2.67. The molecule has 0 aromatic heterocycles. The summed E-state index contributed by atoms with van der Waals surface area (Å²) in [4.78, 5) is 6.83. The molecule has 0 bridgehead atoms. The first-order valence-corrected chi connectivity index (χ1v) is 9.12. The van der Waals surface area contributed by atoms with Crippen LogP contribution in [0.2, 0.25) is 0 Å². The van der Waals surface area contributed by atoms with E-state index in [1.165, 1.54) is 38.9 Å². The minimum Gasteiger partial charge on any atom is -0.493 e. The number of hydrogen-bond acceptors (Lipinski definition) is 4. The number of anilines is 1. The SMILES string of the molecule is CCN1CCC(CCNC(=NC)Nc2ccc(OC)c(OC)c2)CC1.I. The molecule has 0 spiro atoms. The van der Waals surface area contributed by atoms with Crippen LogP contribution in [0.1, 0.15) is 26.2 Å². The third-order valence-corrected chi connectivity index (χ3v) is 4.87. The highest BCUT2D eigenvalue weighted by atomic mass is 127. The Morgan fingerprint density at radius 3 is 2.46 bits per heavy atom. The number of hydrogen-bond donors (Lipinski definition) is 2. The van der Waals surface area contributed by atoms with E-state index in [0.29, 0.717) is 5.75 Å². The van der Waals surface area contributed by atoms with Crippen molar-refractivity contribution in [1.82, 2.24) is 10.2 Å². The number of benzene rings is 1. The normalized spacial score (nSPS) is 15.9. The highest BCUT2D eigenvalue weighted by Gasteiger charge is 2.17. The van der Waals surface area contributed by atoms with E-state index >= 15 is 0 Å². The minimum atomic E-state index is 0. The third-order valence-electron chi connectivity index (χ3n) is 4.87. The maximum Gasteiger partial charge on any atom is 0.195 e. The summed E-state index contributed by atoms with van der Waals surface area (Å²) in [5, 5.41) is 6.71. The van der Waals surface area contributed by atoms with E-state index in [2.05, 4.69) is 27.4 Å². The maximum absolute atomic E-state index is 5.34. The van der Waals surface area contributed by atoms with Gasteiger partial charge in [-0.05, 0) is 56.9 Å². The van der Waals surface area contributed by atoms with Crippen LogP contribution in [0.25, 0.3) is 0 Å². The number of halogens is 1. The lowest BCUT2D eigenvalue weighted by molar-refractivity contribution is 0.187. The molecule has 1 aliphatic rings. The molecule has 0 atom stereocenters. The monoisotopic (exact) mass is 476 g/mol. The van der Waals surface area contributed by atoms with E-state index in [9.17, 15) is 0 Å². The molecule has 1 aliphatic heterocycles. The van der Waals surface area contributed by atoms with Gasteiger partial charge in [0.05, 0.1) is 14.2 Å². The van der Waals surface area contributed by atoms with Gasteiger partial charge in [0, 0.05) is 25.3 Å². The Morgan fingerprint density at radius 1 is 1.19 bits per heavy atom. The van der Waals surface area contributed by atoms with Gasteiger partial charge in [-0.2, -0.15) is 0 Å². The van der Waals surface area contributed by atoms with Gasteiger partial charge in [-0.1, -0.05) is 6.92 Å². The van der Waals surface area contributed by atoms with Crippen LogP contribution >= 0.6 is 24.0 Å². The summed E-state index contributed by atoms with van der Waals surface area (Å²) >= 11 is 0. The molecule has 2 N–H and O–H groups in total. The Balaban J connectivity index is 0.00000338. The van der Waals surface area contributed by atoms with E-state index < -0.39 is 0 Å². The van der Waals surface area contributed by atoms with Crippen LogP contribution < -0.4 is 20.1 Å². The highest BCUT2D eigenvalue weighted by Crippen LogP contribution is 2.29. The Labute approximate surface area is 174 Å². The summed E-state index contributed by atoms with van der Waals surface area (Å²) in [5.41, 5.74) is 0.919. The van der Waals surface area contributed by atoms with Gasteiger partial charge in [0.1, 0.15) is 0 Å². The number of ether oxygens (including phenoxy) is 2. The van der Waals surface area contributed by atoms with Gasteiger partial charge < -0.3 is 25.0 Å². The standard InChI is InChI=1S/C19H32N4O2.HI/c1-5-23-12-9-15(10-13-23)8-11-21-19(20-2)22-16-6-7-17(24-3)18(14-16)25-4;/h6-7,14-15H,5,8-13H2,1-4H3,(H2,20,21,22);1H. The molecule has 26 heavy (non-hydrogen) atoms. The van der Waals surface area contributed by atoms with Gasteiger partial charge in [-0.3, -0.25) is 4.99 Å². The van der Waals surface area contributed by atoms with Gasteiger partial charge in [-0.25, -0.2) is 0 Å². The molecule has 1 saturated heterocycles. The lowest BCUT2D eigenvalue weighted by Crippen LogP contribution is -2.36. The number of likely N-dealkylation sites (tertiary alicyclic amines) is 1. The number of rotatable bonds is 7. The summed E-state index contributed by atoms with van der Waals surface area (Å²) in [6.07, 6.45) is 3.79. The zero-order chi connectivity index (χ0) is 18.1. The van der Waals surface area contributed by atoms with Crippen molar-refractivity contribution in [2.75, 3.05) is 52.8 Å².